The van der Waals surface area contributed by atoms with Crippen LogP contribution in [0.3, 0.4) is 0 Å². The van der Waals surface area contributed by atoms with Crippen LogP contribution in [-0.2, 0) is 9.59 Å². The molecule has 0 saturated carbocycles. The fraction of sp³-hybridized carbons (Fsp3) is 0.211. The summed E-state index contributed by atoms with van der Waals surface area (Å²) in [5, 5.41) is 7.53. The molecule has 145 valence electrons. The molecule has 1 aromatic carbocycles. The Balaban J connectivity index is 0.00000210. The van der Waals surface area contributed by atoms with Gasteiger partial charge in [0.25, 0.3) is 0 Å². The number of hydrogen-bond donors (Lipinski definition) is 3. The third-order valence-corrected chi connectivity index (χ3v) is 4.44. The van der Waals surface area contributed by atoms with Crippen LogP contribution in [0.5, 0.6) is 0 Å². The van der Waals surface area contributed by atoms with Gasteiger partial charge in [0.2, 0.25) is 11.8 Å². The average Bonchev–Trinajstić information content (AvgIpc) is 2.58. The zero-order valence-electron chi connectivity index (χ0n) is 14.6. The Morgan fingerprint density at radius 3 is 2.74 bits per heavy atom. The summed E-state index contributed by atoms with van der Waals surface area (Å²) in [6.45, 7) is 3.10. The van der Waals surface area contributed by atoms with E-state index < -0.39 is 35.4 Å². The fourth-order valence-corrected chi connectivity index (χ4v) is 3.06. The maximum atomic E-state index is 14.1. The Hall–Kier alpha value is -3.03. The summed E-state index contributed by atoms with van der Waals surface area (Å²) in [4.78, 5) is 24.6. The minimum absolute atomic E-state index is 0. The van der Waals surface area contributed by atoms with E-state index in [1.807, 2.05) is 0 Å². The molecule has 0 fully saturated rings. The van der Waals surface area contributed by atoms with Gasteiger partial charge < -0.3 is 16.0 Å². The van der Waals surface area contributed by atoms with Crippen molar-refractivity contribution in [3.05, 3.63) is 76.4 Å². The van der Waals surface area contributed by atoms with Crippen molar-refractivity contribution < 1.29 is 25.6 Å². The van der Waals surface area contributed by atoms with Crippen LogP contribution in [0.15, 0.2) is 53.1 Å². The number of fused-ring (bicyclic) bond motifs is 1. The molecule has 2 aliphatic rings. The zero-order chi connectivity index (χ0) is 19.7. The van der Waals surface area contributed by atoms with Crippen LogP contribution in [0.1, 0.15) is 34.7 Å². The molecule has 3 N–H and O–H groups in total. The molecule has 0 aliphatic carbocycles. The molecule has 0 aromatic heterocycles. The monoisotopic (exact) mass is 380 g/mol. The van der Waals surface area contributed by atoms with E-state index in [-0.39, 0.29) is 26.0 Å². The molecule has 0 spiro atoms. The van der Waals surface area contributed by atoms with Gasteiger partial charge in [0.1, 0.15) is 17.7 Å². The van der Waals surface area contributed by atoms with Crippen molar-refractivity contribution in [2.24, 2.45) is 0 Å². The van der Waals surface area contributed by atoms with E-state index in [0.717, 1.165) is 12.1 Å². The summed E-state index contributed by atoms with van der Waals surface area (Å²) in [6, 6.07) is 2.66. The predicted molar refractivity (Wildman–Crippen MR) is 96.3 cm³/mol. The second-order valence-corrected chi connectivity index (χ2v) is 6.27. The first-order valence-corrected chi connectivity index (χ1v) is 8.24. The molecule has 1 radical (unpaired) electrons. The van der Waals surface area contributed by atoms with Crippen LogP contribution < -0.4 is 16.0 Å². The number of benzene rings is 1. The van der Waals surface area contributed by atoms with Gasteiger partial charge >= 0.3 is 0 Å². The second kappa shape index (κ2) is 7.30. The van der Waals surface area contributed by atoms with E-state index in [9.17, 15) is 22.8 Å². The molecule has 1 aromatic rings. The largest absolute Gasteiger partial charge is 0.349 e. The molecule has 1 atom stereocenters. The van der Waals surface area contributed by atoms with Gasteiger partial charge in [-0.2, -0.15) is 4.39 Å². The highest BCUT2D eigenvalue weighted by molar-refractivity contribution is 6.03. The van der Waals surface area contributed by atoms with Gasteiger partial charge in [-0.05, 0) is 31.6 Å². The van der Waals surface area contributed by atoms with Gasteiger partial charge in [0, 0.05) is 31.8 Å². The molecule has 0 saturated heterocycles. The summed E-state index contributed by atoms with van der Waals surface area (Å²) in [5.41, 5.74) is 0.774. The standard InChI is InChI=1S/C19H17F3N3O2.2H2/c1-9-13(19(27)25-15-5-6-23-18(22)17(9)15)8-16(26)24-10(2)12-4-3-11(20)7-14(12)21;;/h3-7,10,23H,8H2,1-2H3,(H,24,26)(H,25,27);2*1H/t10-;;/m0../s1. The molecule has 0 bridgehead atoms. The molecule has 8 heteroatoms. The second-order valence-electron chi connectivity index (χ2n) is 6.27. The van der Waals surface area contributed by atoms with Crippen LogP contribution in [0, 0.1) is 17.7 Å². The number of nitrogens with one attached hydrogen (secondary N) is 3. The van der Waals surface area contributed by atoms with E-state index >= 15 is 0 Å². The number of halogens is 3. The Kier molecular flexibility index (Phi) is 5.07. The highest BCUT2D eigenvalue weighted by atomic mass is 19.1. The van der Waals surface area contributed by atoms with E-state index in [4.69, 9.17) is 0 Å². The van der Waals surface area contributed by atoms with E-state index in [2.05, 4.69) is 16.0 Å². The Morgan fingerprint density at radius 2 is 2.04 bits per heavy atom. The van der Waals surface area contributed by atoms with Crippen LogP contribution in [-0.4, -0.2) is 11.8 Å². The number of amides is 2. The van der Waals surface area contributed by atoms with Gasteiger partial charge in [-0.1, -0.05) is 6.07 Å². The van der Waals surface area contributed by atoms with Crippen LogP contribution in [0.4, 0.5) is 13.2 Å². The smallest absolute Gasteiger partial charge is 0.249 e. The van der Waals surface area contributed by atoms with Crippen LogP contribution >= 0.6 is 0 Å². The lowest BCUT2D eigenvalue weighted by molar-refractivity contribution is -0.123. The minimum atomic E-state index is -0.778. The van der Waals surface area contributed by atoms with E-state index in [0.29, 0.717) is 11.6 Å². The van der Waals surface area contributed by atoms with Gasteiger partial charge in [-0.25, -0.2) is 8.78 Å². The van der Waals surface area contributed by atoms with Crippen molar-refractivity contribution >= 4 is 11.8 Å². The fourth-order valence-electron chi connectivity index (χ4n) is 3.06. The van der Waals surface area contributed by atoms with Crippen molar-refractivity contribution in [3.8, 4) is 0 Å². The number of carbonyl (C=O) groups excluding carboxylic acids is 2. The molecular formula is C19H21F3N3O2. The number of dihydropyridines is 1. The van der Waals surface area contributed by atoms with Crippen molar-refractivity contribution in [2.45, 2.75) is 26.3 Å². The Labute approximate surface area is 157 Å². The van der Waals surface area contributed by atoms with Gasteiger partial charge in [0.15, 0.2) is 5.95 Å². The molecule has 2 heterocycles. The van der Waals surface area contributed by atoms with E-state index in [1.165, 1.54) is 18.3 Å². The number of rotatable bonds is 4. The summed E-state index contributed by atoms with van der Waals surface area (Å²) in [6.07, 6.45) is 2.58. The van der Waals surface area contributed by atoms with Crippen molar-refractivity contribution in [3.63, 3.8) is 0 Å². The lowest BCUT2D eigenvalue weighted by atomic mass is 9.88. The SMILES string of the molecule is CC1=C(CC(=O)N[C@@H](C)c2ccc(F)cc2F)C(=O)N[C]2C=CNC(F)=C21.[HH].[HH]. The highest BCUT2D eigenvalue weighted by Gasteiger charge is 2.33. The third kappa shape index (κ3) is 3.74. The maximum Gasteiger partial charge on any atom is 0.249 e. The first-order chi connectivity index (χ1) is 12.8. The van der Waals surface area contributed by atoms with Crippen LogP contribution in [0.2, 0.25) is 0 Å². The molecular weight excluding hydrogens is 359 g/mol. The minimum Gasteiger partial charge on any atom is -0.349 e. The molecule has 27 heavy (non-hydrogen) atoms. The normalized spacial score (nSPS) is 18.0. The lowest BCUT2D eigenvalue weighted by Crippen LogP contribution is -2.39. The number of hydrogen-bond acceptors (Lipinski definition) is 3. The van der Waals surface area contributed by atoms with Crippen molar-refractivity contribution in [2.75, 3.05) is 0 Å². The quantitative estimate of drug-likeness (QED) is 0.702. The van der Waals surface area contributed by atoms with E-state index in [1.54, 1.807) is 13.8 Å². The van der Waals surface area contributed by atoms with Crippen LogP contribution in [0.25, 0.3) is 0 Å². The average molecular weight is 380 g/mol. The first-order valence-electron chi connectivity index (χ1n) is 8.24. The lowest BCUT2D eigenvalue weighted by Gasteiger charge is -2.29. The summed E-state index contributed by atoms with van der Waals surface area (Å²) >= 11 is 0. The first kappa shape index (κ1) is 18.8. The van der Waals surface area contributed by atoms with Gasteiger partial charge in [-0.3, -0.25) is 9.59 Å². The van der Waals surface area contributed by atoms with Crippen molar-refractivity contribution in [1.82, 2.24) is 16.0 Å². The Bertz CT molecular complexity index is 916. The Morgan fingerprint density at radius 1 is 1.30 bits per heavy atom. The molecule has 2 aliphatic heterocycles. The molecule has 5 nitrogen and oxygen atoms in total. The maximum absolute atomic E-state index is 14.1. The molecule has 3 rings (SSSR count). The summed E-state index contributed by atoms with van der Waals surface area (Å²) < 4.78 is 40.9. The third-order valence-electron chi connectivity index (χ3n) is 4.44. The van der Waals surface area contributed by atoms with Gasteiger partial charge in [0.05, 0.1) is 12.5 Å². The molecule has 2 amide bonds. The summed E-state index contributed by atoms with van der Waals surface area (Å²) in [7, 11) is 0. The molecule has 0 unspecified atom stereocenters. The summed E-state index contributed by atoms with van der Waals surface area (Å²) in [5.74, 6) is -3.16. The highest BCUT2D eigenvalue weighted by Crippen LogP contribution is 2.34. The van der Waals surface area contributed by atoms with Crippen molar-refractivity contribution in [1.29, 1.82) is 0 Å². The topological polar surface area (TPSA) is 70.2 Å². The van der Waals surface area contributed by atoms with Gasteiger partial charge in [-0.15, -0.1) is 0 Å². The predicted octanol–water partition coefficient (Wildman–Crippen LogP) is 3.30. The number of carbonyl (C=O) groups is 2. The zero-order valence-corrected chi connectivity index (χ0v) is 14.6.